The number of benzene rings is 3. The number of hydrogen-bond acceptors (Lipinski definition) is 2. The smallest absolute Gasteiger partial charge is 0.227 e. The summed E-state index contributed by atoms with van der Waals surface area (Å²) < 4.78 is 3.06. The van der Waals surface area contributed by atoms with Crippen LogP contribution in [0, 0.1) is 6.92 Å². The predicted molar refractivity (Wildman–Crippen MR) is 115 cm³/mol. The molecule has 4 aromatic rings. The Bertz CT molecular complexity index is 1190. The van der Waals surface area contributed by atoms with Crippen molar-refractivity contribution in [2.24, 2.45) is 0 Å². The van der Waals surface area contributed by atoms with Gasteiger partial charge in [0.05, 0.1) is 11.1 Å². The number of aryl methyl sites for hydroxylation is 1. The van der Waals surface area contributed by atoms with Crippen LogP contribution in [0.5, 0.6) is 0 Å². The molecule has 3 nitrogen and oxygen atoms in total. The maximum atomic E-state index is 12.2. The molecule has 0 saturated heterocycles. The second-order valence-corrected chi connectivity index (χ2v) is 7.76. The number of Topliss-reactive ketones (excluding diaryl/α,β-unsaturated/α-hetero) is 1. The molecular formula is C24H18BrNO2. The first-order valence-electron chi connectivity index (χ1n) is 9.01. The lowest BCUT2D eigenvalue weighted by Crippen LogP contribution is -2.01. The van der Waals surface area contributed by atoms with Gasteiger partial charge in [0.1, 0.15) is 0 Å². The van der Waals surface area contributed by atoms with Gasteiger partial charge in [0.15, 0.2) is 6.29 Å². The summed E-state index contributed by atoms with van der Waals surface area (Å²) in [6, 6.07) is 22.4. The minimum atomic E-state index is -0.500. The van der Waals surface area contributed by atoms with Crippen molar-refractivity contribution in [1.82, 2.24) is 4.57 Å². The summed E-state index contributed by atoms with van der Waals surface area (Å²) in [5.41, 5.74) is 5.75. The van der Waals surface area contributed by atoms with Crippen molar-refractivity contribution in [2.45, 2.75) is 13.3 Å². The number of aromatic nitrogens is 1. The van der Waals surface area contributed by atoms with Crippen LogP contribution in [0.25, 0.3) is 16.6 Å². The molecule has 0 atom stereocenters. The van der Waals surface area contributed by atoms with E-state index in [4.69, 9.17) is 0 Å². The highest BCUT2D eigenvalue weighted by Crippen LogP contribution is 2.29. The molecule has 0 unspecified atom stereocenters. The zero-order chi connectivity index (χ0) is 19.7. The summed E-state index contributed by atoms with van der Waals surface area (Å²) in [7, 11) is 0. The highest BCUT2D eigenvalue weighted by molar-refractivity contribution is 9.10. The molecule has 0 saturated carbocycles. The first kappa shape index (κ1) is 18.4. The first-order chi connectivity index (χ1) is 13.6. The van der Waals surface area contributed by atoms with E-state index < -0.39 is 5.78 Å². The Balaban J connectivity index is 1.88. The molecule has 0 aliphatic rings. The number of ketones is 1. The van der Waals surface area contributed by atoms with Gasteiger partial charge in [-0.15, -0.1) is 0 Å². The van der Waals surface area contributed by atoms with Crippen LogP contribution in [0.2, 0.25) is 0 Å². The molecule has 1 aromatic heterocycles. The van der Waals surface area contributed by atoms with Crippen molar-refractivity contribution in [3.05, 3.63) is 99.7 Å². The van der Waals surface area contributed by atoms with E-state index >= 15 is 0 Å². The van der Waals surface area contributed by atoms with E-state index in [-0.39, 0.29) is 0 Å². The van der Waals surface area contributed by atoms with Crippen LogP contribution in [0.1, 0.15) is 27.0 Å². The number of fused-ring (bicyclic) bond motifs is 1. The van der Waals surface area contributed by atoms with E-state index in [1.54, 1.807) is 6.20 Å². The zero-order valence-corrected chi connectivity index (χ0v) is 16.9. The number of hydrogen-bond donors (Lipinski definition) is 0. The number of carbonyl (C=O) groups is 2. The van der Waals surface area contributed by atoms with Crippen LogP contribution >= 0.6 is 15.9 Å². The number of rotatable bonds is 5. The standard InChI is InChI=1S/C24H18BrNO2/c1-16-6-11-23-20(12-16)21(24(28)15-27)14-26(23)22-5-3-2-4-18(22)13-17-7-9-19(25)10-8-17/h2-12,14-15H,13H2,1H3. The number of nitrogens with zero attached hydrogens (tertiary/aromatic N) is 1. The fraction of sp³-hybridized carbons (Fsp3) is 0.0833. The third-order valence-electron chi connectivity index (χ3n) is 4.89. The van der Waals surface area contributed by atoms with E-state index in [0.29, 0.717) is 11.8 Å². The Hall–Kier alpha value is -2.98. The summed E-state index contributed by atoms with van der Waals surface area (Å²) >= 11 is 3.47. The van der Waals surface area contributed by atoms with Gasteiger partial charge in [-0.05, 0) is 54.8 Å². The van der Waals surface area contributed by atoms with Gasteiger partial charge in [0, 0.05) is 21.7 Å². The topological polar surface area (TPSA) is 39.1 Å². The highest BCUT2D eigenvalue weighted by atomic mass is 79.9. The van der Waals surface area contributed by atoms with Crippen molar-refractivity contribution < 1.29 is 9.59 Å². The van der Waals surface area contributed by atoms with E-state index in [0.717, 1.165) is 38.6 Å². The minimum absolute atomic E-state index is 0.384. The molecule has 0 aliphatic heterocycles. The van der Waals surface area contributed by atoms with Crippen LogP contribution in [0.15, 0.2) is 77.4 Å². The average Bonchev–Trinajstić information content (AvgIpc) is 3.08. The van der Waals surface area contributed by atoms with Crippen LogP contribution in [-0.2, 0) is 11.2 Å². The summed E-state index contributed by atoms with van der Waals surface area (Å²) in [5.74, 6) is -0.500. The van der Waals surface area contributed by atoms with E-state index in [2.05, 4.69) is 34.1 Å². The normalized spacial score (nSPS) is 10.9. The molecule has 4 rings (SSSR count). The molecule has 28 heavy (non-hydrogen) atoms. The third-order valence-corrected chi connectivity index (χ3v) is 5.42. The fourth-order valence-corrected chi connectivity index (χ4v) is 3.78. The summed E-state index contributed by atoms with van der Waals surface area (Å²) in [6.45, 7) is 1.98. The van der Waals surface area contributed by atoms with Crippen LogP contribution in [-0.4, -0.2) is 16.6 Å². The van der Waals surface area contributed by atoms with Crippen molar-refractivity contribution in [2.75, 3.05) is 0 Å². The summed E-state index contributed by atoms with van der Waals surface area (Å²) in [5, 5.41) is 0.801. The van der Waals surface area contributed by atoms with Crippen LogP contribution in [0.3, 0.4) is 0 Å². The average molecular weight is 432 g/mol. The predicted octanol–water partition coefficient (Wildman–Crippen LogP) is 5.67. The lowest BCUT2D eigenvalue weighted by molar-refractivity contribution is -0.104. The largest absolute Gasteiger partial charge is 0.316 e. The van der Waals surface area contributed by atoms with Crippen molar-refractivity contribution in [1.29, 1.82) is 0 Å². The van der Waals surface area contributed by atoms with Crippen molar-refractivity contribution >= 4 is 38.9 Å². The zero-order valence-electron chi connectivity index (χ0n) is 15.4. The van der Waals surface area contributed by atoms with Gasteiger partial charge in [-0.3, -0.25) is 9.59 Å². The monoisotopic (exact) mass is 431 g/mol. The summed E-state index contributed by atoms with van der Waals surface area (Å²) in [6.07, 6.45) is 2.93. The van der Waals surface area contributed by atoms with E-state index in [9.17, 15) is 9.59 Å². The number of carbonyl (C=O) groups excluding carboxylic acids is 2. The maximum Gasteiger partial charge on any atom is 0.227 e. The SMILES string of the molecule is Cc1ccc2c(c1)c(C(=O)C=O)cn2-c1ccccc1Cc1ccc(Br)cc1. The highest BCUT2D eigenvalue weighted by Gasteiger charge is 2.17. The second kappa shape index (κ2) is 7.56. The van der Waals surface area contributed by atoms with Gasteiger partial charge >= 0.3 is 0 Å². The quantitative estimate of drug-likeness (QED) is 0.232. The number of aldehydes is 1. The molecule has 1 heterocycles. The van der Waals surface area contributed by atoms with Gasteiger partial charge in [-0.25, -0.2) is 0 Å². The Kier molecular flexibility index (Phi) is 4.97. The number of para-hydroxylation sites is 1. The van der Waals surface area contributed by atoms with E-state index in [1.165, 1.54) is 5.56 Å². The van der Waals surface area contributed by atoms with Gasteiger partial charge in [-0.1, -0.05) is 57.9 Å². The third kappa shape index (κ3) is 3.43. The van der Waals surface area contributed by atoms with Crippen molar-refractivity contribution in [3.63, 3.8) is 0 Å². The minimum Gasteiger partial charge on any atom is -0.316 e. The molecule has 0 N–H and O–H groups in total. The van der Waals surface area contributed by atoms with Gasteiger partial charge < -0.3 is 4.57 Å². The van der Waals surface area contributed by atoms with Crippen LogP contribution in [0.4, 0.5) is 0 Å². The Morgan fingerprint density at radius 1 is 1.04 bits per heavy atom. The Morgan fingerprint density at radius 3 is 2.54 bits per heavy atom. The molecule has 0 fully saturated rings. The molecule has 0 spiro atoms. The molecule has 4 heteroatoms. The molecular weight excluding hydrogens is 414 g/mol. The van der Waals surface area contributed by atoms with Crippen molar-refractivity contribution in [3.8, 4) is 5.69 Å². The second-order valence-electron chi connectivity index (χ2n) is 6.85. The molecule has 0 aliphatic carbocycles. The molecule has 0 radical (unpaired) electrons. The summed E-state index contributed by atoms with van der Waals surface area (Å²) in [4.78, 5) is 23.4. The molecule has 0 bridgehead atoms. The lowest BCUT2D eigenvalue weighted by atomic mass is 10.0. The van der Waals surface area contributed by atoms with Crippen LogP contribution < -0.4 is 0 Å². The van der Waals surface area contributed by atoms with Gasteiger partial charge in [0.25, 0.3) is 0 Å². The molecule has 0 amide bonds. The Morgan fingerprint density at radius 2 is 1.79 bits per heavy atom. The maximum absolute atomic E-state index is 12.2. The molecule has 138 valence electrons. The first-order valence-corrected chi connectivity index (χ1v) is 9.80. The Labute approximate surface area is 171 Å². The van der Waals surface area contributed by atoms with E-state index in [1.807, 2.05) is 60.0 Å². The lowest BCUT2D eigenvalue weighted by Gasteiger charge is -2.12. The molecule has 3 aromatic carbocycles. The fourth-order valence-electron chi connectivity index (χ4n) is 3.52. The number of halogens is 1. The van der Waals surface area contributed by atoms with Gasteiger partial charge in [0.2, 0.25) is 5.78 Å². The van der Waals surface area contributed by atoms with Gasteiger partial charge in [-0.2, -0.15) is 0 Å².